The molecule has 3 N–H and O–H groups in total. The maximum Gasteiger partial charge on any atom is 0.337 e. The van der Waals surface area contributed by atoms with Crippen molar-refractivity contribution in [2.24, 2.45) is 0 Å². The molecule has 0 saturated heterocycles. The van der Waals surface area contributed by atoms with Gasteiger partial charge in [-0.05, 0) is 42.0 Å². The topological polar surface area (TPSA) is 118 Å². The van der Waals surface area contributed by atoms with E-state index in [1.54, 1.807) is 36.4 Å². The van der Waals surface area contributed by atoms with Gasteiger partial charge in [0.1, 0.15) is 23.8 Å². The summed E-state index contributed by atoms with van der Waals surface area (Å²) in [6.07, 6.45) is 0.613. The Morgan fingerprint density at radius 1 is 1.17 bits per heavy atom. The molecule has 2 aromatic carbocycles. The van der Waals surface area contributed by atoms with Gasteiger partial charge in [-0.3, -0.25) is 9.80 Å². The smallest absolute Gasteiger partial charge is 0.337 e. The van der Waals surface area contributed by atoms with E-state index in [9.17, 15) is 9.59 Å². The molecule has 0 fully saturated rings. The van der Waals surface area contributed by atoms with Crippen LogP contribution in [0, 0.1) is 0 Å². The van der Waals surface area contributed by atoms with Crippen LogP contribution in [0.4, 0.5) is 5.69 Å². The van der Waals surface area contributed by atoms with Gasteiger partial charge in [0, 0.05) is 19.5 Å². The summed E-state index contributed by atoms with van der Waals surface area (Å²) in [4.78, 5) is 32.0. The van der Waals surface area contributed by atoms with Gasteiger partial charge in [-0.2, -0.15) is 0 Å². The summed E-state index contributed by atoms with van der Waals surface area (Å²) >= 11 is 0. The van der Waals surface area contributed by atoms with E-state index in [2.05, 4.69) is 27.3 Å². The highest BCUT2D eigenvalue weighted by Crippen LogP contribution is 2.19. The van der Waals surface area contributed by atoms with Crippen LogP contribution in [0.2, 0.25) is 0 Å². The molecule has 1 aliphatic heterocycles. The lowest BCUT2D eigenvalue weighted by Crippen LogP contribution is -2.48. The summed E-state index contributed by atoms with van der Waals surface area (Å²) in [6.45, 7) is 5.94. The highest BCUT2D eigenvalue weighted by atomic mass is 16.5. The number of aromatic amines is 1. The predicted octanol–water partition coefficient (Wildman–Crippen LogP) is 2.27. The maximum absolute atomic E-state index is 13.0. The summed E-state index contributed by atoms with van der Waals surface area (Å²) in [5.41, 5.74) is 6.13. The van der Waals surface area contributed by atoms with E-state index < -0.39 is 5.97 Å². The van der Waals surface area contributed by atoms with Crippen LogP contribution in [-0.2, 0) is 17.7 Å². The molecule has 0 atom stereocenters. The number of carbonyl (C=O) groups excluding carboxylic acids is 1. The van der Waals surface area contributed by atoms with Gasteiger partial charge in [-0.25, -0.2) is 15.2 Å². The number of hydrazine groups is 1. The Labute approximate surface area is 208 Å². The second-order valence-electron chi connectivity index (χ2n) is 8.07. The summed E-state index contributed by atoms with van der Waals surface area (Å²) in [5.74, 6) is 1.39. The van der Waals surface area contributed by atoms with E-state index in [1.807, 2.05) is 24.3 Å². The summed E-state index contributed by atoms with van der Waals surface area (Å²) in [7, 11) is 2.96. The Kier molecular flexibility index (Phi) is 7.86. The zero-order chi connectivity index (χ0) is 25.5. The number of fused-ring (bicyclic) bond motifs is 1. The van der Waals surface area contributed by atoms with Gasteiger partial charge in [-0.15, -0.1) is 0 Å². The molecule has 2 heterocycles. The standard InChI is InChI=1S/C26H29N5O5/c1-17(27-16-18-5-4-6-21(15-18)34-2)24-29-22-11-12-28-31(23(22)25(32)30-24)13-14-36-20-9-7-19(8-10-20)26(33)35-3/h4-10,15,27-28H,1,11-14,16H2,2-3H3,(H,29,30,32). The Bertz CT molecular complexity index is 1290. The molecule has 10 nitrogen and oxygen atoms in total. The minimum Gasteiger partial charge on any atom is -0.497 e. The first-order valence-electron chi connectivity index (χ1n) is 11.5. The highest BCUT2D eigenvalue weighted by Gasteiger charge is 2.23. The molecule has 1 aliphatic rings. The number of nitrogens with zero attached hydrogens (tertiary/aromatic N) is 2. The van der Waals surface area contributed by atoms with Crippen molar-refractivity contribution in [3.8, 4) is 11.5 Å². The average Bonchev–Trinajstić information content (AvgIpc) is 2.91. The summed E-state index contributed by atoms with van der Waals surface area (Å²) < 4.78 is 15.7. The van der Waals surface area contributed by atoms with Crippen molar-refractivity contribution >= 4 is 17.4 Å². The largest absolute Gasteiger partial charge is 0.497 e. The third kappa shape index (κ3) is 5.84. The third-order valence-electron chi connectivity index (χ3n) is 5.69. The van der Waals surface area contributed by atoms with Crippen LogP contribution in [0.5, 0.6) is 11.5 Å². The molecule has 0 radical (unpaired) electrons. The van der Waals surface area contributed by atoms with Crippen molar-refractivity contribution in [1.82, 2.24) is 20.7 Å². The van der Waals surface area contributed by atoms with Crippen LogP contribution in [-0.4, -0.2) is 49.9 Å². The number of aromatic nitrogens is 2. The van der Waals surface area contributed by atoms with Gasteiger partial charge >= 0.3 is 5.97 Å². The normalized spacial score (nSPS) is 12.4. The number of methoxy groups -OCH3 is 2. The van der Waals surface area contributed by atoms with Gasteiger partial charge in [0.25, 0.3) is 5.56 Å². The molecule has 4 rings (SSSR count). The van der Waals surface area contributed by atoms with Crippen molar-refractivity contribution < 1.29 is 19.0 Å². The lowest BCUT2D eigenvalue weighted by molar-refractivity contribution is 0.0600. The minimum absolute atomic E-state index is 0.256. The second-order valence-corrected chi connectivity index (χ2v) is 8.07. The molecule has 1 aromatic heterocycles. The number of carbonyl (C=O) groups is 1. The number of rotatable bonds is 10. The first kappa shape index (κ1) is 24.8. The molecule has 0 unspecified atom stereocenters. The van der Waals surface area contributed by atoms with Crippen LogP contribution in [0.15, 0.2) is 59.9 Å². The zero-order valence-corrected chi connectivity index (χ0v) is 20.3. The van der Waals surface area contributed by atoms with Crippen molar-refractivity contribution in [3.63, 3.8) is 0 Å². The SMILES string of the molecule is C=C(NCc1cccc(OC)c1)c1nc2c(c(=O)[nH]1)N(CCOc1ccc(C(=O)OC)cc1)NCC2. The monoisotopic (exact) mass is 491 g/mol. The minimum atomic E-state index is -0.403. The van der Waals surface area contributed by atoms with Crippen LogP contribution in [0.25, 0.3) is 5.70 Å². The predicted molar refractivity (Wildman–Crippen MR) is 136 cm³/mol. The fourth-order valence-electron chi connectivity index (χ4n) is 3.82. The van der Waals surface area contributed by atoms with Crippen LogP contribution in [0.1, 0.15) is 27.4 Å². The molecular formula is C26H29N5O5. The van der Waals surface area contributed by atoms with Gasteiger partial charge in [0.15, 0.2) is 5.82 Å². The lowest BCUT2D eigenvalue weighted by Gasteiger charge is -2.30. The number of ether oxygens (including phenoxy) is 3. The van der Waals surface area contributed by atoms with Gasteiger partial charge in [0.05, 0.1) is 37.7 Å². The fourth-order valence-corrected chi connectivity index (χ4v) is 3.82. The van der Waals surface area contributed by atoms with E-state index in [1.165, 1.54) is 7.11 Å². The van der Waals surface area contributed by atoms with E-state index in [0.717, 1.165) is 11.3 Å². The van der Waals surface area contributed by atoms with Crippen molar-refractivity contribution in [1.29, 1.82) is 0 Å². The molecular weight excluding hydrogens is 462 g/mol. The molecule has 36 heavy (non-hydrogen) atoms. The molecule has 0 saturated carbocycles. The Hall–Kier alpha value is -4.31. The Balaban J connectivity index is 1.38. The van der Waals surface area contributed by atoms with E-state index >= 15 is 0 Å². The van der Waals surface area contributed by atoms with Crippen molar-refractivity contribution in [3.05, 3.63) is 88.1 Å². The molecule has 3 aromatic rings. The molecule has 0 bridgehead atoms. The van der Waals surface area contributed by atoms with Crippen LogP contribution < -0.4 is 30.8 Å². The number of esters is 1. The van der Waals surface area contributed by atoms with Gasteiger partial charge in [0.2, 0.25) is 0 Å². The first-order chi connectivity index (χ1) is 17.5. The number of anilines is 1. The Morgan fingerprint density at radius 2 is 1.97 bits per heavy atom. The van der Waals surface area contributed by atoms with Crippen molar-refractivity contribution in [2.45, 2.75) is 13.0 Å². The average molecular weight is 492 g/mol. The summed E-state index contributed by atoms with van der Waals surface area (Å²) in [5, 5.41) is 4.97. The lowest BCUT2D eigenvalue weighted by atomic mass is 10.2. The highest BCUT2D eigenvalue weighted by molar-refractivity contribution is 5.89. The Morgan fingerprint density at radius 3 is 2.72 bits per heavy atom. The molecule has 0 aliphatic carbocycles. The van der Waals surface area contributed by atoms with Crippen LogP contribution in [0.3, 0.4) is 0 Å². The molecule has 0 amide bonds. The quantitative estimate of drug-likeness (QED) is 0.367. The number of hydrogen-bond donors (Lipinski definition) is 3. The van der Waals surface area contributed by atoms with Crippen molar-refractivity contribution in [2.75, 3.05) is 38.9 Å². The number of nitrogens with one attached hydrogen (secondary N) is 3. The van der Waals surface area contributed by atoms with Gasteiger partial charge in [-0.1, -0.05) is 18.7 Å². The number of H-pyrrole nitrogens is 1. The summed E-state index contributed by atoms with van der Waals surface area (Å²) in [6, 6.07) is 14.4. The zero-order valence-electron chi connectivity index (χ0n) is 20.3. The molecule has 188 valence electrons. The van der Waals surface area contributed by atoms with Gasteiger partial charge < -0.3 is 24.5 Å². The molecule has 10 heteroatoms. The second kappa shape index (κ2) is 11.4. The van der Waals surface area contributed by atoms with E-state index in [-0.39, 0.29) is 5.56 Å². The molecule has 0 spiro atoms. The van der Waals surface area contributed by atoms with E-state index in [4.69, 9.17) is 14.2 Å². The number of benzene rings is 2. The third-order valence-corrected chi connectivity index (χ3v) is 5.69. The first-order valence-corrected chi connectivity index (χ1v) is 11.5. The fraction of sp³-hybridized carbons (Fsp3) is 0.269. The maximum atomic E-state index is 13.0. The van der Waals surface area contributed by atoms with Crippen LogP contribution >= 0.6 is 0 Å². The van der Waals surface area contributed by atoms with E-state index in [0.29, 0.717) is 66.9 Å². The number of hydrogen-bond acceptors (Lipinski definition) is 9.